The van der Waals surface area contributed by atoms with Crippen molar-refractivity contribution in [1.29, 1.82) is 0 Å². The Morgan fingerprint density at radius 1 is 0.558 bits per heavy atom. The van der Waals surface area contributed by atoms with Gasteiger partial charge in [0.25, 0.3) is 0 Å². The van der Waals surface area contributed by atoms with Gasteiger partial charge in [0, 0.05) is 12.8 Å². The van der Waals surface area contributed by atoms with Gasteiger partial charge in [0.2, 0.25) is 0 Å². The van der Waals surface area contributed by atoms with Crippen molar-refractivity contribution in [2.24, 2.45) is 0 Å². The summed E-state index contributed by atoms with van der Waals surface area (Å²) in [6.45, 7) is 10.3. The molecule has 0 aromatic carbocycles. The number of esters is 1. The Kier molecular flexibility index (Phi) is 38.2. The molecule has 2 atom stereocenters. The lowest BCUT2D eigenvalue weighted by Crippen LogP contribution is -2.28. The minimum absolute atomic E-state index is 0.0237. The van der Waals surface area contributed by atoms with E-state index in [0.717, 1.165) is 57.8 Å². The topological polar surface area (TPSA) is 91.3 Å². The van der Waals surface area contributed by atoms with Gasteiger partial charge in [-0.15, -0.1) is 0 Å². The Labute approximate surface area is 321 Å². The van der Waals surface area contributed by atoms with Gasteiger partial charge in [-0.25, -0.2) is 4.57 Å². The summed E-state index contributed by atoms with van der Waals surface area (Å²) < 4.78 is 33.7. The molecule has 52 heavy (non-hydrogen) atoms. The maximum atomic E-state index is 12.6. The van der Waals surface area contributed by atoms with Crippen LogP contribution < -0.4 is 0 Å². The lowest BCUT2D eigenvalue weighted by atomic mass is 10.1. The summed E-state index contributed by atoms with van der Waals surface area (Å²) in [7, 11) is -4.23. The largest absolute Gasteiger partial charge is 0.495 e. The van der Waals surface area contributed by atoms with Gasteiger partial charge in [0.05, 0.1) is 19.0 Å². The summed E-state index contributed by atoms with van der Waals surface area (Å²) in [5.41, 5.74) is 0. The maximum Gasteiger partial charge on any atom is 0.472 e. The monoisotopic (exact) mass is 755 g/mol. The number of phosphoric acid groups is 1. The van der Waals surface area contributed by atoms with Gasteiger partial charge in [-0.3, -0.25) is 13.8 Å². The van der Waals surface area contributed by atoms with E-state index in [1.165, 1.54) is 122 Å². The van der Waals surface area contributed by atoms with Crippen LogP contribution in [0.15, 0.2) is 36.6 Å². The van der Waals surface area contributed by atoms with Crippen LogP contribution in [0, 0.1) is 0 Å². The van der Waals surface area contributed by atoms with Crippen LogP contribution in [0.5, 0.6) is 0 Å². The highest BCUT2D eigenvalue weighted by Crippen LogP contribution is 2.43. The van der Waals surface area contributed by atoms with Gasteiger partial charge in [0.15, 0.2) is 6.10 Å². The summed E-state index contributed by atoms with van der Waals surface area (Å²) in [5, 5.41) is 0. The molecule has 0 saturated carbocycles. The second kappa shape index (κ2) is 39.3. The molecule has 0 bridgehead atoms. The van der Waals surface area contributed by atoms with E-state index >= 15 is 0 Å². The van der Waals surface area contributed by atoms with E-state index in [-0.39, 0.29) is 25.8 Å². The zero-order valence-electron chi connectivity index (χ0n) is 34.3. The molecule has 0 aliphatic heterocycles. The highest BCUT2D eigenvalue weighted by atomic mass is 31.2. The summed E-state index contributed by atoms with van der Waals surface area (Å²) in [6, 6.07) is 0. The van der Waals surface area contributed by atoms with Gasteiger partial charge >= 0.3 is 13.8 Å². The third kappa shape index (κ3) is 38.3. The van der Waals surface area contributed by atoms with E-state index in [1.807, 2.05) is 6.92 Å². The number of carbonyl (C=O) groups is 1. The van der Waals surface area contributed by atoms with Crippen molar-refractivity contribution in [2.45, 2.75) is 219 Å². The Bertz CT molecular complexity index is 903. The minimum atomic E-state index is -4.23. The lowest BCUT2D eigenvalue weighted by Gasteiger charge is -2.21. The van der Waals surface area contributed by atoms with E-state index in [4.69, 9.17) is 18.5 Å². The molecule has 0 aliphatic carbocycles. The number of ether oxygens (including phenoxy) is 2. The van der Waals surface area contributed by atoms with Crippen molar-refractivity contribution in [2.75, 3.05) is 19.8 Å². The molecule has 0 rings (SSSR count). The maximum absolute atomic E-state index is 12.6. The van der Waals surface area contributed by atoms with Crippen LogP contribution in [-0.4, -0.2) is 36.8 Å². The molecule has 0 saturated heterocycles. The number of phosphoric ester groups is 1. The zero-order valence-corrected chi connectivity index (χ0v) is 35.2. The molecule has 0 aromatic heterocycles. The molecule has 0 radical (unpaired) electrons. The smallest absolute Gasteiger partial charge is 0.472 e. The molecule has 8 heteroatoms. The van der Waals surface area contributed by atoms with Crippen LogP contribution in [0.3, 0.4) is 0 Å². The van der Waals surface area contributed by atoms with Gasteiger partial charge in [-0.05, 0) is 70.6 Å². The highest BCUT2D eigenvalue weighted by molar-refractivity contribution is 7.47. The Morgan fingerprint density at radius 2 is 0.962 bits per heavy atom. The predicted molar refractivity (Wildman–Crippen MR) is 221 cm³/mol. The van der Waals surface area contributed by atoms with E-state index in [0.29, 0.717) is 18.6 Å². The van der Waals surface area contributed by atoms with E-state index in [1.54, 1.807) is 0 Å². The van der Waals surface area contributed by atoms with Crippen LogP contribution in [0.25, 0.3) is 0 Å². The van der Waals surface area contributed by atoms with Gasteiger partial charge < -0.3 is 14.4 Å². The summed E-state index contributed by atoms with van der Waals surface area (Å²) in [6.07, 6.45) is 43.3. The standard InChI is InChI=1S/C44H83O7P/c1-5-8-10-12-14-16-18-20-22-24-25-27-29-31-33-35-37-42(4)48-40-43(41-50-52(46,47)49-39-7-3)51-44(45)38-36-34-32-30-28-26-23-21-19-17-15-13-11-9-6-2/h21-24,43H,4-20,25-41H2,1-3H3,(H,46,47)/b23-21+,24-22+. The molecular formula is C44H83O7P. The van der Waals surface area contributed by atoms with Crippen molar-refractivity contribution in [3.05, 3.63) is 36.6 Å². The lowest BCUT2D eigenvalue weighted by molar-refractivity contribution is -0.153. The molecule has 0 amide bonds. The second-order valence-corrected chi connectivity index (χ2v) is 16.0. The van der Waals surface area contributed by atoms with Gasteiger partial charge in [-0.2, -0.15) is 0 Å². The number of hydrogen-bond acceptors (Lipinski definition) is 6. The zero-order chi connectivity index (χ0) is 38.2. The summed E-state index contributed by atoms with van der Waals surface area (Å²) in [5.74, 6) is 0.274. The van der Waals surface area contributed by atoms with Gasteiger partial charge in [-0.1, -0.05) is 161 Å². The molecule has 1 N–H and O–H groups in total. The first-order valence-electron chi connectivity index (χ1n) is 21.8. The van der Waals surface area contributed by atoms with Gasteiger partial charge in [0.1, 0.15) is 6.61 Å². The molecule has 0 fully saturated rings. The Balaban J connectivity index is 4.18. The predicted octanol–water partition coefficient (Wildman–Crippen LogP) is 14.4. The number of unbranched alkanes of at least 4 members (excludes halogenated alkanes) is 23. The van der Waals surface area contributed by atoms with Crippen LogP contribution in [0.4, 0.5) is 0 Å². The molecule has 0 aliphatic rings. The molecule has 0 aromatic rings. The SMILES string of the molecule is C=C(CCCCCCC/C=C/CCCCCCCCC)OCC(COP(=O)(O)OCCC)OC(=O)CCCCCCC/C=C/CCCCCCCC. The first-order valence-corrected chi connectivity index (χ1v) is 23.3. The highest BCUT2D eigenvalue weighted by Gasteiger charge is 2.25. The summed E-state index contributed by atoms with van der Waals surface area (Å²) in [4.78, 5) is 22.6. The van der Waals surface area contributed by atoms with Crippen LogP contribution in [-0.2, 0) is 27.9 Å². The molecule has 0 heterocycles. The molecule has 0 spiro atoms. The third-order valence-electron chi connectivity index (χ3n) is 9.26. The first-order chi connectivity index (χ1) is 25.3. The van der Waals surface area contributed by atoms with E-state index in [9.17, 15) is 14.3 Å². The second-order valence-electron chi connectivity index (χ2n) is 14.6. The number of rotatable bonds is 41. The molecule has 2 unspecified atom stereocenters. The van der Waals surface area contributed by atoms with Crippen molar-refractivity contribution in [3.8, 4) is 0 Å². The normalized spacial score (nSPS) is 13.5. The Hall–Kier alpha value is -1.40. The van der Waals surface area contributed by atoms with Crippen LogP contribution >= 0.6 is 7.82 Å². The fourth-order valence-electron chi connectivity index (χ4n) is 5.97. The molecule has 7 nitrogen and oxygen atoms in total. The van der Waals surface area contributed by atoms with E-state index in [2.05, 4.69) is 44.7 Å². The average molecular weight is 755 g/mol. The third-order valence-corrected chi connectivity index (χ3v) is 10.2. The van der Waals surface area contributed by atoms with Crippen molar-refractivity contribution >= 4 is 13.8 Å². The minimum Gasteiger partial charge on any atom is -0.495 e. The molecular weight excluding hydrogens is 671 g/mol. The summed E-state index contributed by atoms with van der Waals surface area (Å²) >= 11 is 0. The van der Waals surface area contributed by atoms with Crippen LogP contribution in [0.2, 0.25) is 0 Å². The van der Waals surface area contributed by atoms with Crippen molar-refractivity contribution < 1.29 is 32.8 Å². The van der Waals surface area contributed by atoms with Crippen molar-refractivity contribution in [1.82, 2.24) is 0 Å². The van der Waals surface area contributed by atoms with Crippen molar-refractivity contribution in [3.63, 3.8) is 0 Å². The quantitative estimate of drug-likeness (QED) is 0.0218. The van der Waals surface area contributed by atoms with Crippen LogP contribution in [0.1, 0.15) is 213 Å². The Morgan fingerprint density at radius 3 is 1.40 bits per heavy atom. The number of carbonyl (C=O) groups excluding carboxylic acids is 1. The van der Waals surface area contributed by atoms with E-state index < -0.39 is 13.9 Å². The first kappa shape index (κ1) is 50.6. The number of allylic oxidation sites excluding steroid dienone is 5. The fourth-order valence-corrected chi connectivity index (χ4v) is 6.82. The number of hydrogen-bond donors (Lipinski definition) is 1. The average Bonchev–Trinajstić information content (AvgIpc) is 3.13. The fraction of sp³-hybridized carbons (Fsp3) is 0.841. The molecule has 306 valence electrons.